The van der Waals surface area contributed by atoms with Crippen LogP contribution in [0.1, 0.15) is 61.3 Å². The summed E-state index contributed by atoms with van der Waals surface area (Å²) in [4.78, 5) is 64.4. The van der Waals surface area contributed by atoms with Crippen molar-refractivity contribution < 1.29 is 33.8 Å². The minimum Gasteiger partial charge on any atom is -0.391 e. The normalized spacial score (nSPS) is 22.0. The first-order valence-electron chi connectivity index (χ1n) is 12.2. The highest BCUT2D eigenvalue weighted by atomic mass is 16.6. The number of hydrogen-bond donors (Lipinski definition) is 4. The molecular weight excluding hydrogens is 456 g/mol. The molecule has 0 saturated carbocycles. The van der Waals surface area contributed by atoms with Crippen LogP contribution in [0.3, 0.4) is 0 Å². The molecule has 4 N–H and O–H groups in total. The molecule has 0 aromatic rings. The molecule has 1 rings (SSSR count). The Morgan fingerprint density at radius 1 is 0.943 bits per heavy atom. The molecule has 0 spiro atoms. The quantitative estimate of drug-likeness (QED) is 0.241. The highest BCUT2D eigenvalue weighted by molar-refractivity contribution is 5.97. The first-order chi connectivity index (χ1) is 16.2. The van der Waals surface area contributed by atoms with Gasteiger partial charge in [-0.1, -0.05) is 40.5 Å². The summed E-state index contributed by atoms with van der Waals surface area (Å²) in [5, 5.41) is 17.8. The zero-order chi connectivity index (χ0) is 27.1. The molecule has 4 amide bonds. The molecule has 1 fully saturated rings. The Morgan fingerprint density at radius 3 is 1.89 bits per heavy atom. The molecule has 0 bridgehead atoms. The van der Waals surface area contributed by atoms with Crippen LogP contribution < -0.4 is 16.0 Å². The Morgan fingerprint density at radius 2 is 1.46 bits per heavy atom. The van der Waals surface area contributed by atoms with Crippen molar-refractivity contribution in [3.05, 3.63) is 0 Å². The molecule has 11 heteroatoms. The summed E-state index contributed by atoms with van der Waals surface area (Å²) >= 11 is 0. The Labute approximate surface area is 207 Å². The summed E-state index contributed by atoms with van der Waals surface area (Å²) in [6, 6.07) is -3.12. The third kappa shape index (κ3) is 8.28. The number of carbonyl (C=O) groups is 5. The van der Waals surface area contributed by atoms with Crippen LogP contribution >= 0.6 is 0 Å². The number of aliphatic hydroxyl groups is 1. The van der Waals surface area contributed by atoms with Crippen molar-refractivity contribution in [3.63, 3.8) is 0 Å². The lowest BCUT2D eigenvalue weighted by Crippen LogP contribution is -2.61. The van der Waals surface area contributed by atoms with E-state index in [0.717, 1.165) is 0 Å². The number of ether oxygens (including phenoxy) is 1. The molecule has 0 aliphatic carbocycles. The standard InChI is InChI=1S/C24H42N4O7/c1-9-13(3)18(26-23(34)20(14(4)10-2)28(8)16(6)30)22(33)27-19(15(5)29)21(32)25-11-17(31)24(7)12-35-24/h13-15,18-20,29H,9-12H2,1-8H3,(H,25,32)(H,26,34)(H,27,33)/t13-,14?,15-,18-,19?,20?,24+/m0/s1. The number of ketones is 1. The monoisotopic (exact) mass is 498 g/mol. The van der Waals surface area contributed by atoms with Gasteiger partial charge >= 0.3 is 0 Å². The third-order valence-electron chi connectivity index (χ3n) is 6.81. The summed E-state index contributed by atoms with van der Waals surface area (Å²) in [7, 11) is 1.54. The van der Waals surface area contributed by atoms with Gasteiger partial charge < -0.3 is 30.7 Å². The van der Waals surface area contributed by atoms with Gasteiger partial charge in [-0.3, -0.25) is 24.0 Å². The number of hydrogen-bond acceptors (Lipinski definition) is 7. The Kier molecular flexibility index (Phi) is 11.3. The van der Waals surface area contributed by atoms with Gasteiger partial charge in [-0.15, -0.1) is 0 Å². The maximum absolute atomic E-state index is 13.2. The number of carbonyl (C=O) groups excluding carboxylic acids is 5. The predicted molar refractivity (Wildman–Crippen MR) is 129 cm³/mol. The van der Waals surface area contributed by atoms with Gasteiger partial charge in [0.2, 0.25) is 23.6 Å². The lowest BCUT2D eigenvalue weighted by molar-refractivity contribution is -0.141. The van der Waals surface area contributed by atoms with Crippen molar-refractivity contribution >= 4 is 29.4 Å². The molecule has 1 aliphatic heterocycles. The van der Waals surface area contributed by atoms with Crippen molar-refractivity contribution in [1.29, 1.82) is 0 Å². The maximum Gasteiger partial charge on any atom is 0.245 e. The predicted octanol–water partition coefficient (Wildman–Crippen LogP) is -0.250. The van der Waals surface area contributed by atoms with E-state index in [9.17, 15) is 29.1 Å². The number of nitrogens with zero attached hydrogens (tertiary/aromatic N) is 1. The van der Waals surface area contributed by atoms with E-state index in [1.165, 1.54) is 18.7 Å². The minimum absolute atomic E-state index is 0.157. The number of amides is 4. The minimum atomic E-state index is -1.34. The summed E-state index contributed by atoms with van der Waals surface area (Å²) in [6.07, 6.45) is -0.0666. The van der Waals surface area contributed by atoms with Crippen molar-refractivity contribution in [2.45, 2.75) is 91.1 Å². The average molecular weight is 499 g/mol. The first-order valence-corrected chi connectivity index (χ1v) is 12.2. The SMILES string of the molecule is CCC(C)C(C(=O)N[C@H](C(=O)NC(C(=O)NCC(=O)[C@@]1(C)CO1)[C@H](C)O)[C@@H](C)CC)N(C)C(C)=O. The number of likely N-dealkylation sites (N-methyl/N-ethyl adjacent to an activating group) is 1. The fourth-order valence-corrected chi connectivity index (χ4v) is 3.56. The van der Waals surface area contributed by atoms with Crippen molar-refractivity contribution in [2.24, 2.45) is 11.8 Å². The molecule has 0 radical (unpaired) electrons. The molecule has 1 aliphatic rings. The summed E-state index contributed by atoms with van der Waals surface area (Å²) in [5.41, 5.74) is -0.901. The second-order valence-corrected chi connectivity index (χ2v) is 9.72. The van der Waals surface area contributed by atoms with E-state index in [4.69, 9.17) is 4.74 Å². The van der Waals surface area contributed by atoms with E-state index in [-0.39, 0.29) is 36.7 Å². The molecular formula is C24H42N4O7. The van der Waals surface area contributed by atoms with Crippen LogP contribution in [0.25, 0.3) is 0 Å². The van der Waals surface area contributed by atoms with Crippen molar-refractivity contribution in [1.82, 2.24) is 20.9 Å². The van der Waals surface area contributed by atoms with Crippen molar-refractivity contribution in [2.75, 3.05) is 20.2 Å². The number of epoxide rings is 1. The van der Waals surface area contributed by atoms with Gasteiger partial charge in [0.25, 0.3) is 0 Å². The smallest absolute Gasteiger partial charge is 0.245 e. The third-order valence-corrected chi connectivity index (χ3v) is 6.81. The average Bonchev–Trinajstić information content (AvgIpc) is 3.56. The number of nitrogens with one attached hydrogen (secondary N) is 3. The topological polar surface area (TPSA) is 157 Å². The van der Waals surface area contributed by atoms with E-state index in [2.05, 4.69) is 16.0 Å². The largest absolute Gasteiger partial charge is 0.391 e. The van der Waals surface area contributed by atoms with Crippen LogP contribution in [0.2, 0.25) is 0 Å². The molecule has 3 unspecified atom stereocenters. The lowest BCUT2D eigenvalue weighted by Gasteiger charge is -2.33. The molecule has 200 valence electrons. The lowest BCUT2D eigenvalue weighted by atomic mass is 9.94. The van der Waals surface area contributed by atoms with Crippen LogP contribution in [0.5, 0.6) is 0 Å². The number of aliphatic hydroxyl groups excluding tert-OH is 1. The molecule has 35 heavy (non-hydrogen) atoms. The fourth-order valence-electron chi connectivity index (χ4n) is 3.56. The van der Waals surface area contributed by atoms with Gasteiger partial charge in [0.15, 0.2) is 5.78 Å². The number of Topliss-reactive ketones (excluding diaryl/α,β-unsaturated/α-hetero) is 1. The molecule has 0 aromatic heterocycles. The van der Waals surface area contributed by atoms with Crippen LogP contribution in [-0.4, -0.2) is 89.4 Å². The first kappa shape index (κ1) is 30.5. The van der Waals surface area contributed by atoms with Crippen molar-refractivity contribution in [3.8, 4) is 0 Å². The summed E-state index contributed by atoms with van der Waals surface area (Å²) in [6.45, 7) is 11.7. The van der Waals surface area contributed by atoms with Gasteiger partial charge in [-0.25, -0.2) is 0 Å². The van der Waals surface area contributed by atoms with Crippen LogP contribution in [0.15, 0.2) is 0 Å². The second kappa shape index (κ2) is 13.0. The summed E-state index contributed by atoms with van der Waals surface area (Å²) < 4.78 is 5.06. The van der Waals surface area contributed by atoms with E-state index in [1.54, 1.807) is 20.9 Å². The molecule has 11 nitrogen and oxygen atoms in total. The van der Waals surface area contributed by atoms with E-state index >= 15 is 0 Å². The van der Waals surface area contributed by atoms with Crippen LogP contribution in [0, 0.1) is 11.8 Å². The van der Waals surface area contributed by atoms with Crippen LogP contribution in [0.4, 0.5) is 0 Å². The molecule has 1 heterocycles. The zero-order valence-electron chi connectivity index (χ0n) is 22.1. The van der Waals surface area contributed by atoms with E-state index in [1.807, 2.05) is 20.8 Å². The van der Waals surface area contributed by atoms with Gasteiger partial charge in [-0.05, 0) is 25.7 Å². The Bertz CT molecular complexity index is 797. The van der Waals surface area contributed by atoms with Gasteiger partial charge in [0.1, 0.15) is 23.7 Å². The Hall–Kier alpha value is -2.53. The Balaban J connectivity index is 2.99. The molecule has 0 aromatic carbocycles. The maximum atomic E-state index is 13.2. The van der Waals surface area contributed by atoms with Crippen LogP contribution in [-0.2, 0) is 28.7 Å². The number of rotatable bonds is 14. The van der Waals surface area contributed by atoms with Gasteiger partial charge in [0.05, 0.1) is 19.3 Å². The van der Waals surface area contributed by atoms with Gasteiger partial charge in [0, 0.05) is 14.0 Å². The molecule has 7 atom stereocenters. The molecule has 1 saturated heterocycles. The second-order valence-electron chi connectivity index (χ2n) is 9.72. The van der Waals surface area contributed by atoms with Gasteiger partial charge in [-0.2, -0.15) is 0 Å². The highest BCUT2D eigenvalue weighted by Gasteiger charge is 2.46. The summed E-state index contributed by atoms with van der Waals surface area (Å²) in [5.74, 6) is -2.89. The highest BCUT2D eigenvalue weighted by Crippen LogP contribution is 2.26. The zero-order valence-corrected chi connectivity index (χ0v) is 22.1. The fraction of sp³-hybridized carbons (Fsp3) is 0.792. The van der Waals surface area contributed by atoms with E-state index < -0.39 is 47.6 Å². The van der Waals surface area contributed by atoms with E-state index in [0.29, 0.717) is 12.8 Å².